The van der Waals surface area contributed by atoms with Crippen molar-refractivity contribution in [3.05, 3.63) is 40.9 Å². The third-order valence-electron chi connectivity index (χ3n) is 4.81. The maximum absolute atomic E-state index is 12.3. The molecule has 1 aliphatic rings. The summed E-state index contributed by atoms with van der Waals surface area (Å²) in [5.74, 6) is -0.383. The van der Waals surface area contributed by atoms with Crippen LogP contribution in [-0.4, -0.2) is 66.9 Å². The number of benzene rings is 1. The number of hydrogen-bond donors (Lipinski definition) is 1. The number of ketones is 1. The van der Waals surface area contributed by atoms with Gasteiger partial charge >= 0.3 is 5.97 Å². The summed E-state index contributed by atoms with van der Waals surface area (Å²) in [6.07, 6.45) is 0.107. The molecule has 1 fully saturated rings. The molecule has 2 aromatic rings. The van der Waals surface area contributed by atoms with Gasteiger partial charge in [0.25, 0.3) is 0 Å². The second kappa shape index (κ2) is 10.3. The normalized spacial score (nSPS) is 14.4. The molecule has 1 aromatic heterocycles. The number of aromatic nitrogens is 1. The molecule has 8 nitrogen and oxygen atoms in total. The van der Waals surface area contributed by atoms with Crippen LogP contribution in [0, 0.1) is 0 Å². The first-order valence-electron chi connectivity index (χ1n) is 9.92. The van der Waals surface area contributed by atoms with Crippen molar-refractivity contribution in [3.8, 4) is 0 Å². The molecule has 0 bridgehead atoms. The molecule has 9 heteroatoms. The van der Waals surface area contributed by atoms with E-state index < -0.39 is 0 Å². The molecule has 30 heavy (non-hydrogen) atoms. The van der Waals surface area contributed by atoms with E-state index in [1.165, 1.54) is 11.3 Å². The van der Waals surface area contributed by atoms with Gasteiger partial charge in [0, 0.05) is 42.8 Å². The van der Waals surface area contributed by atoms with Gasteiger partial charge in [0.05, 0.1) is 25.3 Å². The molecule has 0 radical (unpaired) electrons. The van der Waals surface area contributed by atoms with Crippen LogP contribution in [0.15, 0.2) is 29.6 Å². The van der Waals surface area contributed by atoms with Crippen molar-refractivity contribution in [1.82, 2.24) is 9.88 Å². The van der Waals surface area contributed by atoms with Crippen molar-refractivity contribution in [3.63, 3.8) is 0 Å². The van der Waals surface area contributed by atoms with E-state index >= 15 is 0 Å². The molecule has 3 rings (SSSR count). The van der Waals surface area contributed by atoms with Gasteiger partial charge in [-0.25, -0.2) is 4.98 Å². The Morgan fingerprint density at radius 3 is 2.47 bits per heavy atom. The maximum atomic E-state index is 12.3. The fourth-order valence-corrected chi connectivity index (χ4v) is 3.96. The Morgan fingerprint density at radius 2 is 1.83 bits per heavy atom. The standard InChI is InChI=1S/C21H26N4O4S/c1-3-29-20(28)12-17-14-30-21(22-17)23-19(27)13-24-8-10-25(11-9-24)18-6-4-16(5-7-18)15(2)26/h4-7,14H,3,8-13H2,1-2H3,(H,22,23,27). The predicted molar refractivity (Wildman–Crippen MR) is 116 cm³/mol. The SMILES string of the molecule is CCOC(=O)Cc1csc(NC(=O)CN2CCN(c3ccc(C(C)=O)cc3)CC2)n1. The van der Waals surface area contributed by atoms with E-state index in [4.69, 9.17) is 4.74 Å². The summed E-state index contributed by atoms with van der Waals surface area (Å²) in [7, 11) is 0. The summed E-state index contributed by atoms with van der Waals surface area (Å²) in [6, 6.07) is 7.63. The molecule has 0 saturated carbocycles. The Balaban J connectivity index is 1.43. The quantitative estimate of drug-likeness (QED) is 0.507. The van der Waals surface area contributed by atoms with Gasteiger partial charge in [0.15, 0.2) is 10.9 Å². The van der Waals surface area contributed by atoms with E-state index in [0.717, 1.165) is 31.9 Å². The van der Waals surface area contributed by atoms with E-state index in [9.17, 15) is 14.4 Å². The lowest BCUT2D eigenvalue weighted by atomic mass is 10.1. The van der Waals surface area contributed by atoms with Crippen LogP contribution < -0.4 is 10.2 Å². The number of amides is 1. The van der Waals surface area contributed by atoms with Crippen LogP contribution in [0.25, 0.3) is 0 Å². The summed E-state index contributed by atoms with van der Waals surface area (Å²) >= 11 is 1.30. The number of piperazine rings is 1. The van der Waals surface area contributed by atoms with Gasteiger partial charge in [0.1, 0.15) is 0 Å². The molecule has 160 valence electrons. The number of nitrogens with zero attached hydrogens (tertiary/aromatic N) is 3. The number of ether oxygens (including phenoxy) is 1. The monoisotopic (exact) mass is 430 g/mol. The molecule has 0 spiro atoms. The van der Waals surface area contributed by atoms with Crippen LogP contribution in [0.3, 0.4) is 0 Å². The van der Waals surface area contributed by atoms with Gasteiger partial charge in [-0.05, 0) is 38.1 Å². The molecule has 0 aliphatic carbocycles. The number of carbonyl (C=O) groups excluding carboxylic acids is 3. The number of Topliss-reactive ketones (excluding diaryl/α,β-unsaturated/α-hetero) is 1. The van der Waals surface area contributed by atoms with Crippen LogP contribution >= 0.6 is 11.3 Å². The highest BCUT2D eigenvalue weighted by Crippen LogP contribution is 2.19. The van der Waals surface area contributed by atoms with Crippen LogP contribution in [0.1, 0.15) is 29.9 Å². The van der Waals surface area contributed by atoms with Crippen LogP contribution in [-0.2, 0) is 20.7 Å². The fourth-order valence-electron chi connectivity index (χ4n) is 3.24. The molecule has 0 atom stereocenters. The Hall–Kier alpha value is -2.78. The number of rotatable bonds is 8. The largest absolute Gasteiger partial charge is 0.466 e. The minimum Gasteiger partial charge on any atom is -0.466 e. The zero-order valence-electron chi connectivity index (χ0n) is 17.2. The second-order valence-corrected chi connectivity index (χ2v) is 7.90. The first-order chi connectivity index (χ1) is 14.4. The summed E-state index contributed by atoms with van der Waals surface area (Å²) in [6.45, 7) is 7.12. The molecular formula is C21H26N4O4S. The van der Waals surface area contributed by atoms with Crippen molar-refractivity contribution in [2.75, 3.05) is 49.5 Å². The van der Waals surface area contributed by atoms with E-state index in [1.807, 2.05) is 24.3 Å². The van der Waals surface area contributed by atoms with E-state index in [1.54, 1.807) is 19.2 Å². The number of hydrogen-bond acceptors (Lipinski definition) is 8. The number of esters is 1. The van der Waals surface area contributed by atoms with E-state index in [-0.39, 0.29) is 24.1 Å². The second-order valence-electron chi connectivity index (χ2n) is 7.04. The molecular weight excluding hydrogens is 404 g/mol. The summed E-state index contributed by atoms with van der Waals surface area (Å²) in [5.41, 5.74) is 2.39. The molecule has 1 aliphatic heterocycles. The molecule has 2 heterocycles. The van der Waals surface area contributed by atoms with Crippen molar-refractivity contribution >= 4 is 39.8 Å². The highest BCUT2D eigenvalue weighted by atomic mass is 32.1. The Kier molecular flexibility index (Phi) is 7.53. The summed E-state index contributed by atoms with van der Waals surface area (Å²) in [4.78, 5) is 43.9. The lowest BCUT2D eigenvalue weighted by molar-refractivity contribution is -0.142. The Labute approximate surface area is 179 Å². The Morgan fingerprint density at radius 1 is 1.13 bits per heavy atom. The minimum absolute atomic E-state index is 0.0608. The smallest absolute Gasteiger partial charge is 0.311 e. The molecule has 1 amide bonds. The van der Waals surface area contributed by atoms with Crippen molar-refractivity contribution in [2.45, 2.75) is 20.3 Å². The van der Waals surface area contributed by atoms with E-state index in [0.29, 0.717) is 29.5 Å². The minimum atomic E-state index is -0.325. The Bertz CT molecular complexity index is 889. The summed E-state index contributed by atoms with van der Waals surface area (Å²) < 4.78 is 4.91. The number of carbonyl (C=O) groups is 3. The predicted octanol–water partition coefficient (Wildman–Crippen LogP) is 2.21. The van der Waals surface area contributed by atoms with Gasteiger partial charge in [-0.2, -0.15) is 0 Å². The summed E-state index contributed by atoms with van der Waals surface area (Å²) in [5, 5.41) is 5.05. The highest BCUT2D eigenvalue weighted by Gasteiger charge is 2.20. The van der Waals surface area contributed by atoms with Crippen LogP contribution in [0.5, 0.6) is 0 Å². The third-order valence-corrected chi connectivity index (χ3v) is 5.61. The number of anilines is 2. The lowest BCUT2D eigenvalue weighted by Gasteiger charge is -2.35. The number of nitrogens with one attached hydrogen (secondary N) is 1. The highest BCUT2D eigenvalue weighted by molar-refractivity contribution is 7.13. The van der Waals surface area contributed by atoms with Crippen LogP contribution in [0.2, 0.25) is 0 Å². The maximum Gasteiger partial charge on any atom is 0.311 e. The zero-order chi connectivity index (χ0) is 21.5. The number of thiazole rings is 1. The average Bonchev–Trinajstić information content (AvgIpc) is 3.15. The van der Waals surface area contributed by atoms with Crippen molar-refractivity contribution in [1.29, 1.82) is 0 Å². The topological polar surface area (TPSA) is 91.8 Å². The van der Waals surface area contributed by atoms with E-state index in [2.05, 4.69) is 20.1 Å². The molecule has 1 N–H and O–H groups in total. The van der Waals surface area contributed by atoms with Gasteiger partial charge in [-0.1, -0.05) is 0 Å². The zero-order valence-corrected chi connectivity index (χ0v) is 18.0. The first-order valence-corrected chi connectivity index (χ1v) is 10.8. The molecule has 1 aromatic carbocycles. The molecule has 0 unspecified atom stereocenters. The first kappa shape index (κ1) is 21.9. The van der Waals surface area contributed by atoms with Gasteiger partial charge < -0.3 is 15.0 Å². The average molecular weight is 431 g/mol. The molecule has 1 saturated heterocycles. The van der Waals surface area contributed by atoms with Crippen molar-refractivity contribution < 1.29 is 19.1 Å². The van der Waals surface area contributed by atoms with Gasteiger partial charge in [0.2, 0.25) is 5.91 Å². The van der Waals surface area contributed by atoms with Gasteiger partial charge in [-0.15, -0.1) is 11.3 Å². The van der Waals surface area contributed by atoms with Crippen molar-refractivity contribution in [2.24, 2.45) is 0 Å². The third kappa shape index (κ3) is 6.11. The lowest BCUT2D eigenvalue weighted by Crippen LogP contribution is -2.48. The fraction of sp³-hybridized carbons (Fsp3) is 0.429. The van der Waals surface area contributed by atoms with Crippen LogP contribution in [0.4, 0.5) is 10.8 Å². The van der Waals surface area contributed by atoms with Gasteiger partial charge in [-0.3, -0.25) is 19.3 Å².